The molecule has 0 heterocycles. The van der Waals surface area contributed by atoms with Crippen LogP contribution in [0.3, 0.4) is 0 Å². The standard InChI is InChI=1S/C13H21N3O2/c1-3-10(8-9-14)15-13(17)16-11-4-6-12(18-2)7-5-11/h4-7,10H,3,8-9,14H2,1-2H3,(H2,15,16,17). The number of hydrogen-bond donors (Lipinski definition) is 3. The Bertz CT molecular complexity index is 365. The van der Waals surface area contributed by atoms with Crippen molar-refractivity contribution in [3.8, 4) is 5.75 Å². The third kappa shape index (κ3) is 4.63. The van der Waals surface area contributed by atoms with Gasteiger partial charge >= 0.3 is 6.03 Å². The first kappa shape index (κ1) is 14.3. The van der Waals surface area contributed by atoms with E-state index in [0.29, 0.717) is 6.54 Å². The molecule has 0 saturated heterocycles. The molecule has 4 N–H and O–H groups in total. The average Bonchev–Trinajstić information content (AvgIpc) is 2.39. The second-order valence-electron chi connectivity index (χ2n) is 4.01. The summed E-state index contributed by atoms with van der Waals surface area (Å²) < 4.78 is 5.05. The van der Waals surface area contributed by atoms with E-state index in [2.05, 4.69) is 10.6 Å². The fraction of sp³-hybridized carbons (Fsp3) is 0.462. The molecule has 0 aromatic heterocycles. The molecular formula is C13H21N3O2. The number of hydrogen-bond acceptors (Lipinski definition) is 3. The second kappa shape index (κ2) is 7.55. The predicted molar refractivity (Wildman–Crippen MR) is 72.9 cm³/mol. The zero-order valence-electron chi connectivity index (χ0n) is 10.9. The highest BCUT2D eigenvalue weighted by Gasteiger charge is 2.09. The maximum absolute atomic E-state index is 11.7. The van der Waals surface area contributed by atoms with Crippen LogP contribution in [0.5, 0.6) is 5.75 Å². The summed E-state index contributed by atoms with van der Waals surface area (Å²) in [6.45, 7) is 2.59. The normalized spacial score (nSPS) is 11.7. The van der Waals surface area contributed by atoms with Gasteiger partial charge in [-0.25, -0.2) is 4.79 Å². The van der Waals surface area contributed by atoms with Crippen LogP contribution in [-0.2, 0) is 0 Å². The number of nitrogens with one attached hydrogen (secondary N) is 2. The predicted octanol–water partition coefficient (Wildman–Crippen LogP) is 1.94. The minimum absolute atomic E-state index is 0.119. The van der Waals surface area contributed by atoms with E-state index in [1.807, 2.05) is 6.92 Å². The van der Waals surface area contributed by atoms with Gasteiger partial charge in [0.25, 0.3) is 0 Å². The van der Waals surface area contributed by atoms with Gasteiger partial charge in [-0.05, 0) is 43.7 Å². The topological polar surface area (TPSA) is 76.4 Å². The highest BCUT2D eigenvalue weighted by molar-refractivity contribution is 5.89. The van der Waals surface area contributed by atoms with Crippen LogP contribution >= 0.6 is 0 Å². The van der Waals surface area contributed by atoms with Crippen LogP contribution in [0.15, 0.2) is 24.3 Å². The van der Waals surface area contributed by atoms with E-state index < -0.39 is 0 Å². The number of ether oxygens (including phenoxy) is 1. The van der Waals surface area contributed by atoms with Crippen LogP contribution in [0.25, 0.3) is 0 Å². The lowest BCUT2D eigenvalue weighted by Crippen LogP contribution is -2.38. The molecule has 1 rings (SSSR count). The molecule has 1 atom stereocenters. The number of benzene rings is 1. The van der Waals surface area contributed by atoms with Crippen LogP contribution in [0.2, 0.25) is 0 Å². The number of urea groups is 1. The summed E-state index contributed by atoms with van der Waals surface area (Å²) in [6, 6.07) is 7.10. The maximum Gasteiger partial charge on any atom is 0.319 e. The fourth-order valence-electron chi connectivity index (χ4n) is 1.61. The fourth-order valence-corrected chi connectivity index (χ4v) is 1.61. The first-order valence-corrected chi connectivity index (χ1v) is 6.11. The number of nitrogens with two attached hydrogens (primary N) is 1. The van der Waals surface area contributed by atoms with Crippen molar-refractivity contribution >= 4 is 11.7 Å². The van der Waals surface area contributed by atoms with Gasteiger partial charge in [0, 0.05) is 11.7 Å². The summed E-state index contributed by atoms with van der Waals surface area (Å²) in [7, 11) is 1.60. The molecule has 0 bridgehead atoms. The molecule has 0 radical (unpaired) electrons. The average molecular weight is 251 g/mol. The van der Waals surface area contributed by atoms with Crippen molar-refractivity contribution in [1.82, 2.24) is 5.32 Å². The zero-order valence-corrected chi connectivity index (χ0v) is 10.9. The number of methoxy groups -OCH3 is 1. The lowest BCUT2D eigenvalue weighted by atomic mass is 10.1. The van der Waals surface area contributed by atoms with E-state index in [4.69, 9.17) is 10.5 Å². The summed E-state index contributed by atoms with van der Waals surface area (Å²) in [6.07, 6.45) is 1.65. The van der Waals surface area contributed by atoms with Crippen molar-refractivity contribution in [2.45, 2.75) is 25.8 Å². The van der Waals surface area contributed by atoms with Crippen LogP contribution in [0, 0.1) is 0 Å². The molecule has 0 aliphatic carbocycles. The molecule has 1 aromatic rings. The molecule has 18 heavy (non-hydrogen) atoms. The van der Waals surface area contributed by atoms with Crippen molar-refractivity contribution in [2.24, 2.45) is 5.73 Å². The first-order valence-electron chi connectivity index (χ1n) is 6.11. The Labute approximate surface area is 108 Å². The van der Waals surface area contributed by atoms with Gasteiger partial charge in [0.05, 0.1) is 7.11 Å². The van der Waals surface area contributed by atoms with Crippen LogP contribution in [0.1, 0.15) is 19.8 Å². The number of anilines is 1. The highest BCUT2D eigenvalue weighted by atomic mass is 16.5. The van der Waals surface area contributed by atoms with Gasteiger partial charge in [-0.2, -0.15) is 0 Å². The molecule has 1 unspecified atom stereocenters. The monoisotopic (exact) mass is 251 g/mol. The zero-order chi connectivity index (χ0) is 13.4. The number of rotatable bonds is 6. The van der Waals surface area contributed by atoms with Gasteiger partial charge in [-0.1, -0.05) is 6.92 Å². The Morgan fingerprint density at radius 1 is 1.39 bits per heavy atom. The summed E-state index contributed by atoms with van der Waals surface area (Å²) in [5, 5.41) is 5.65. The first-order chi connectivity index (χ1) is 8.69. The lowest BCUT2D eigenvalue weighted by molar-refractivity contribution is 0.247. The van der Waals surface area contributed by atoms with E-state index >= 15 is 0 Å². The minimum atomic E-state index is -0.208. The van der Waals surface area contributed by atoms with Crippen molar-refractivity contribution in [3.63, 3.8) is 0 Å². The Kier molecular flexibility index (Phi) is 6.00. The van der Waals surface area contributed by atoms with E-state index in [1.54, 1.807) is 31.4 Å². The second-order valence-corrected chi connectivity index (χ2v) is 4.01. The smallest absolute Gasteiger partial charge is 0.319 e. The molecule has 2 amide bonds. The van der Waals surface area contributed by atoms with Crippen LogP contribution < -0.4 is 21.1 Å². The molecular weight excluding hydrogens is 230 g/mol. The van der Waals surface area contributed by atoms with E-state index in [-0.39, 0.29) is 12.1 Å². The quantitative estimate of drug-likeness (QED) is 0.723. The van der Waals surface area contributed by atoms with Gasteiger partial charge in [0.1, 0.15) is 5.75 Å². The van der Waals surface area contributed by atoms with Crippen molar-refractivity contribution in [1.29, 1.82) is 0 Å². The number of carbonyl (C=O) groups is 1. The summed E-state index contributed by atoms with van der Waals surface area (Å²) in [5.74, 6) is 0.760. The lowest BCUT2D eigenvalue weighted by Gasteiger charge is -2.16. The highest BCUT2D eigenvalue weighted by Crippen LogP contribution is 2.14. The molecule has 100 valence electrons. The summed E-state index contributed by atoms with van der Waals surface area (Å²) in [4.78, 5) is 11.7. The van der Waals surface area contributed by atoms with Crippen molar-refractivity contribution in [3.05, 3.63) is 24.3 Å². The van der Waals surface area contributed by atoms with Gasteiger partial charge < -0.3 is 21.1 Å². The summed E-state index contributed by atoms with van der Waals surface area (Å²) in [5.41, 5.74) is 6.21. The SMILES string of the molecule is CCC(CCN)NC(=O)Nc1ccc(OC)cc1. The van der Waals surface area contributed by atoms with Gasteiger partial charge in [0.2, 0.25) is 0 Å². The third-order valence-corrected chi connectivity index (χ3v) is 2.69. The molecule has 0 fully saturated rings. The van der Waals surface area contributed by atoms with E-state index in [9.17, 15) is 4.79 Å². The molecule has 1 aromatic carbocycles. The molecule has 0 spiro atoms. The number of carbonyl (C=O) groups excluding carboxylic acids is 1. The number of amides is 2. The van der Waals surface area contributed by atoms with Gasteiger partial charge in [0.15, 0.2) is 0 Å². The van der Waals surface area contributed by atoms with Crippen LogP contribution in [0.4, 0.5) is 10.5 Å². The van der Waals surface area contributed by atoms with Crippen LogP contribution in [-0.4, -0.2) is 25.7 Å². The third-order valence-electron chi connectivity index (χ3n) is 2.69. The Balaban J connectivity index is 2.47. The Morgan fingerprint density at radius 3 is 2.56 bits per heavy atom. The molecule has 0 aliphatic heterocycles. The molecule has 0 saturated carbocycles. The van der Waals surface area contributed by atoms with Gasteiger partial charge in [-0.15, -0.1) is 0 Å². The van der Waals surface area contributed by atoms with E-state index in [1.165, 1.54) is 0 Å². The largest absolute Gasteiger partial charge is 0.497 e. The maximum atomic E-state index is 11.7. The molecule has 0 aliphatic rings. The van der Waals surface area contributed by atoms with Crippen molar-refractivity contribution < 1.29 is 9.53 Å². The van der Waals surface area contributed by atoms with E-state index in [0.717, 1.165) is 24.3 Å². The summed E-state index contributed by atoms with van der Waals surface area (Å²) >= 11 is 0. The minimum Gasteiger partial charge on any atom is -0.497 e. The molecule has 5 heteroatoms. The van der Waals surface area contributed by atoms with Crippen molar-refractivity contribution in [2.75, 3.05) is 19.0 Å². The molecule has 5 nitrogen and oxygen atoms in total. The Morgan fingerprint density at radius 2 is 2.06 bits per heavy atom. The van der Waals surface area contributed by atoms with Gasteiger partial charge in [-0.3, -0.25) is 0 Å². The Hall–Kier alpha value is -1.75.